The van der Waals surface area contributed by atoms with Crippen molar-refractivity contribution in [3.8, 4) is 0 Å². The highest BCUT2D eigenvalue weighted by molar-refractivity contribution is 5.29. The fraction of sp³-hybridized carbons (Fsp3) is 0.400. The maximum atomic E-state index is 13.3. The molecule has 1 aromatic carbocycles. The second-order valence-corrected chi connectivity index (χ2v) is 3.45. The largest absolute Gasteiger partial charge is 0.390 e. The summed E-state index contributed by atoms with van der Waals surface area (Å²) in [5, 5.41) is 8.49. The number of alkyl halides is 3. The van der Waals surface area contributed by atoms with Gasteiger partial charge in [0.15, 0.2) is 0 Å². The van der Waals surface area contributed by atoms with Gasteiger partial charge < -0.3 is 10.8 Å². The molecule has 0 amide bonds. The molecule has 2 nitrogen and oxygen atoms in total. The minimum absolute atomic E-state index is 0.656. The molecule has 0 radical (unpaired) electrons. The Hall–Kier alpha value is -1.14. The van der Waals surface area contributed by atoms with Crippen molar-refractivity contribution < 1.29 is 22.7 Å². The Morgan fingerprint density at radius 2 is 1.81 bits per heavy atom. The molecule has 0 aliphatic heterocycles. The van der Waals surface area contributed by atoms with Crippen LogP contribution in [0.5, 0.6) is 0 Å². The number of halogens is 4. The molecule has 0 fully saturated rings. The van der Waals surface area contributed by atoms with Gasteiger partial charge in [-0.15, -0.1) is 0 Å². The Bertz CT molecular complexity index is 372. The van der Waals surface area contributed by atoms with Crippen LogP contribution in [0, 0.1) is 5.82 Å². The third-order valence-electron chi connectivity index (χ3n) is 2.42. The lowest BCUT2D eigenvalue weighted by Gasteiger charge is -2.34. The molecule has 1 rings (SSSR count). The van der Waals surface area contributed by atoms with Crippen molar-refractivity contribution in [3.63, 3.8) is 0 Å². The maximum Gasteiger partial charge on any atom is 0.294 e. The molecule has 16 heavy (non-hydrogen) atoms. The topological polar surface area (TPSA) is 46.2 Å². The lowest BCUT2D eigenvalue weighted by molar-refractivity contribution is -0.121. The average molecular weight is 237 g/mol. The molecule has 0 saturated carbocycles. The molecule has 0 aliphatic rings. The average Bonchev–Trinajstić information content (AvgIpc) is 2.28. The number of rotatable bonds is 4. The van der Waals surface area contributed by atoms with E-state index in [0.717, 1.165) is 12.1 Å². The fourth-order valence-corrected chi connectivity index (χ4v) is 1.33. The van der Waals surface area contributed by atoms with Crippen LogP contribution in [0.25, 0.3) is 0 Å². The molecular formula is C10H11F4NO. The van der Waals surface area contributed by atoms with Crippen molar-refractivity contribution in [2.45, 2.75) is 11.5 Å². The molecular weight excluding hydrogens is 226 g/mol. The van der Waals surface area contributed by atoms with Crippen LogP contribution in [0.15, 0.2) is 24.3 Å². The summed E-state index contributed by atoms with van der Waals surface area (Å²) in [6, 6.07) is 4.41. The van der Waals surface area contributed by atoms with Crippen LogP contribution in [-0.2, 0) is 5.54 Å². The number of aliphatic hydroxyl groups excluding tert-OH is 1. The molecule has 6 heteroatoms. The van der Waals surface area contributed by atoms with Gasteiger partial charge in [-0.2, -0.15) is 0 Å². The number of hydrogen-bond acceptors (Lipinski definition) is 2. The van der Waals surface area contributed by atoms with Gasteiger partial charge in [0, 0.05) is 5.56 Å². The summed E-state index contributed by atoms with van der Waals surface area (Å²) in [4.78, 5) is 0. The van der Waals surface area contributed by atoms with Crippen molar-refractivity contribution in [1.82, 2.24) is 0 Å². The summed E-state index contributed by atoms with van der Waals surface area (Å²) < 4.78 is 52.6. The predicted molar refractivity (Wildman–Crippen MR) is 50.3 cm³/mol. The maximum absolute atomic E-state index is 13.3. The lowest BCUT2D eigenvalue weighted by Crippen LogP contribution is -2.57. The van der Waals surface area contributed by atoms with E-state index in [4.69, 9.17) is 10.8 Å². The zero-order chi connectivity index (χ0) is 12.4. The molecule has 90 valence electrons. The number of hydrogen-bond donors (Lipinski definition) is 2. The molecule has 1 unspecified atom stereocenters. The Morgan fingerprint density at radius 1 is 1.25 bits per heavy atom. The number of benzene rings is 1. The third kappa shape index (κ3) is 1.90. The summed E-state index contributed by atoms with van der Waals surface area (Å²) >= 11 is 0. The highest BCUT2D eigenvalue weighted by atomic mass is 19.3. The molecule has 0 spiro atoms. The van der Waals surface area contributed by atoms with Gasteiger partial charge >= 0.3 is 0 Å². The van der Waals surface area contributed by atoms with E-state index in [-0.39, 0.29) is 0 Å². The Labute approximate surface area is 89.7 Å². The van der Waals surface area contributed by atoms with E-state index in [1.54, 1.807) is 0 Å². The van der Waals surface area contributed by atoms with Crippen LogP contribution in [0.1, 0.15) is 5.56 Å². The predicted octanol–water partition coefficient (Wildman–Crippen LogP) is 1.58. The van der Waals surface area contributed by atoms with Crippen LogP contribution in [0.2, 0.25) is 0 Å². The summed E-state index contributed by atoms with van der Waals surface area (Å²) in [5.74, 6) is -4.97. The van der Waals surface area contributed by atoms with Crippen molar-refractivity contribution in [2.75, 3.05) is 13.3 Å². The van der Waals surface area contributed by atoms with E-state index in [2.05, 4.69) is 0 Å². The summed E-state index contributed by atoms with van der Waals surface area (Å²) in [6.45, 7) is -3.33. The van der Waals surface area contributed by atoms with Gasteiger partial charge in [0.05, 0.1) is 0 Å². The quantitative estimate of drug-likeness (QED) is 0.781. The normalized spacial score (nSPS) is 15.9. The van der Waals surface area contributed by atoms with Gasteiger partial charge in [-0.1, -0.05) is 18.2 Å². The number of aliphatic hydroxyl groups is 1. The van der Waals surface area contributed by atoms with E-state index < -0.39 is 36.1 Å². The third-order valence-corrected chi connectivity index (χ3v) is 2.42. The first-order valence-corrected chi connectivity index (χ1v) is 4.47. The van der Waals surface area contributed by atoms with Crippen molar-refractivity contribution >= 4 is 0 Å². The minimum Gasteiger partial charge on any atom is -0.390 e. The van der Waals surface area contributed by atoms with Gasteiger partial charge in [0.2, 0.25) is 0 Å². The van der Waals surface area contributed by atoms with Gasteiger partial charge in [-0.05, 0) is 6.07 Å². The van der Waals surface area contributed by atoms with Gasteiger partial charge in [-0.25, -0.2) is 17.6 Å². The SMILES string of the molecule is NC(CF)(c1ccccc1F)C(F)(F)CO. The van der Waals surface area contributed by atoms with E-state index in [9.17, 15) is 17.6 Å². The minimum atomic E-state index is -3.94. The molecule has 0 bridgehead atoms. The lowest BCUT2D eigenvalue weighted by atomic mass is 9.85. The summed E-state index contributed by atoms with van der Waals surface area (Å²) in [5.41, 5.74) is 1.67. The molecule has 3 N–H and O–H groups in total. The van der Waals surface area contributed by atoms with Crippen LogP contribution in [-0.4, -0.2) is 24.3 Å². The van der Waals surface area contributed by atoms with Crippen LogP contribution >= 0.6 is 0 Å². The highest BCUT2D eigenvalue weighted by Gasteiger charge is 2.53. The van der Waals surface area contributed by atoms with Crippen molar-refractivity contribution in [2.24, 2.45) is 5.73 Å². The smallest absolute Gasteiger partial charge is 0.294 e. The van der Waals surface area contributed by atoms with Crippen LogP contribution in [0.4, 0.5) is 17.6 Å². The molecule has 1 aromatic rings. The highest BCUT2D eigenvalue weighted by Crippen LogP contribution is 2.36. The Balaban J connectivity index is 3.31. The Morgan fingerprint density at radius 3 is 2.25 bits per heavy atom. The number of nitrogens with two attached hydrogens (primary N) is 1. The molecule has 0 heterocycles. The first-order valence-electron chi connectivity index (χ1n) is 4.47. The van der Waals surface area contributed by atoms with E-state index in [1.807, 2.05) is 0 Å². The molecule has 0 saturated heterocycles. The van der Waals surface area contributed by atoms with Gasteiger partial charge in [0.1, 0.15) is 24.6 Å². The Kier molecular flexibility index (Phi) is 3.54. The van der Waals surface area contributed by atoms with Gasteiger partial charge in [0.25, 0.3) is 5.92 Å². The van der Waals surface area contributed by atoms with E-state index in [0.29, 0.717) is 0 Å². The van der Waals surface area contributed by atoms with Crippen molar-refractivity contribution in [3.05, 3.63) is 35.6 Å². The zero-order valence-corrected chi connectivity index (χ0v) is 8.26. The van der Waals surface area contributed by atoms with Crippen LogP contribution < -0.4 is 5.73 Å². The molecule has 1 atom stereocenters. The van der Waals surface area contributed by atoms with Crippen molar-refractivity contribution in [1.29, 1.82) is 0 Å². The van der Waals surface area contributed by atoms with Crippen LogP contribution in [0.3, 0.4) is 0 Å². The second kappa shape index (κ2) is 4.39. The van der Waals surface area contributed by atoms with Gasteiger partial charge in [-0.3, -0.25) is 0 Å². The van der Waals surface area contributed by atoms with E-state index in [1.165, 1.54) is 12.1 Å². The van der Waals surface area contributed by atoms with E-state index >= 15 is 0 Å². The molecule has 0 aliphatic carbocycles. The summed E-state index contributed by atoms with van der Waals surface area (Å²) in [6.07, 6.45) is 0. The monoisotopic (exact) mass is 237 g/mol. The zero-order valence-electron chi connectivity index (χ0n) is 8.26. The fourth-order valence-electron chi connectivity index (χ4n) is 1.33. The summed E-state index contributed by atoms with van der Waals surface area (Å²) in [7, 11) is 0. The second-order valence-electron chi connectivity index (χ2n) is 3.45. The molecule has 0 aromatic heterocycles. The standard InChI is InChI=1S/C10H11F4NO/c11-5-9(15,10(13,14)6-16)7-3-1-2-4-8(7)12/h1-4,16H,5-6,15H2. The first-order chi connectivity index (χ1) is 7.39. The first kappa shape index (κ1) is 12.9.